The minimum Gasteiger partial charge on any atom is -0.356 e. The lowest BCUT2D eigenvalue weighted by Crippen LogP contribution is -2.33. The van der Waals surface area contributed by atoms with Crippen LogP contribution < -0.4 is 5.32 Å². The zero-order chi connectivity index (χ0) is 11.0. The molecule has 0 heterocycles. The predicted octanol–water partition coefficient (Wildman–Crippen LogP) is 3.10. The number of alkyl halides is 1. The number of rotatable bonds is 7. The first-order valence-electron chi connectivity index (χ1n) is 5.34. The van der Waals surface area contributed by atoms with Crippen LogP contribution in [0.5, 0.6) is 0 Å². The second-order valence-electron chi connectivity index (χ2n) is 4.48. The van der Waals surface area contributed by atoms with Crippen molar-refractivity contribution in [1.82, 2.24) is 5.32 Å². The predicted molar refractivity (Wildman–Crippen MR) is 64.7 cm³/mol. The Balaban J connectivity index is 3.68. The van der Waals surface area contributed by atoms with Crippen LogP contribution in [0, 0.1) is 5.41 Å². The molecule has 0 saturated heterocycles. The van der Waals surface area contributed by atoms with E-state index in [0.717, 1.165) is 31.1 Å². The van der Waals surface area contributed by atoms with Crippen LogP contribution in [0.1, 0.15) is 46.5 Å². The maximum Gasteiger partial charge on any atom is 0.220 e. The van der Waals surface area contributed by atoms with Crippen molar-refractivity contribution in [3.63, 3.8) is 0 Å². The first-order valence-corrected chi connectivity index (χ1v) is 6.46. The standard InChI is InChI=1S/C11H22BrNO/c1-4-6-10(14)13-9-11(2,3)7-5-8-12/h4-9H2,1-3H3,(H,13,14). The van der Waals surface area contributed by atoms with Crippen molar-refractivity contribution in [2.45, 2.75) is 46.5 Å². The minimum atomic E-state index is 0.180. The lowest BCUT2D eigenvalue weighted by atomic mass is 9.88. The van der Waals surface area contributed by atoms with E-state index in [9.17, 15) is 4.79 Å². The second-order valence-corrected chi connectivity index (χ2v) is 5.28. The Labute approximate surface area is 96.0 Å². The number of hydrogen-bond acceptors (Lipinski definition) is 1. The van der Waals surface area contributed by atoms with Crippen molar-refractivity contribution in [1.29, 1.82) is 0 Å². The lowest BCUT2D eigenvalue weighted by Gasteiger charge is -2.24. The topological polar surface area (TPSA) is 29.1 Å². The van der Waals surface area contributed by atoms with E-state index in [1.165, 1.54) is 0 Å². The molecule has 1 N–H and O–H groups in total. The van der Waals surface area contributed by atoms with E-state index < -0.39 is 0 Å². The largest absolute Gasteiger partial charge is 0.356 e. The van der Waals surface area contributed by atoms with Gasteiger partial charge >= 0.3 is 0 Å². The van der Waals surface area contributed by atoms with Crippen molar-refractivity contribution >= 4 is 21.8 Å². The fourth-order valence-electron chi connectivity index (χ4n) is 1.29. The molecule has 0 aromatic rings. The van der Waals surface area contributed by atoms with Crippen LogP contribution in [0.15, 0.2) is 0 Å². The third-order valence-corrected chi connectivity index (χ3v) is 2.79. The molecule has 0 aromatic carbocycles. The van der Waals surface area contributed by atoms with Gasteiger partial charge in [0.15, 0.2) is 0 Å². The Bertz CT molecular complexity index is 169. The van der Waals surface area contributed by atoms with Gasteiger partial charge in [-0.3, -0.25) is 4.79 Å². The van der Waals surface area contributed by atoms with Crippen LogP contribution in [-0.2, 0) is 4.79 Å². The van der Waals surface area contributed by atoms with Crippen LogP contribution in [0.2, 0.25) is 0 Å². The SMILES string of the molecule is CCCC(=O)NCC(C)(C)CCCBr. The molecule has 2 nitrogen and oxygen atoms in total. The van der Waals surface area contributed by atoms with E-state index in [2.05, 4.69) is 35.1 Å². The fraction of sp³-hybridized carbons (Fsp3) is 0.909. The summed E-state index contributed by atoms with van der Waals surface area (Å²) in [5.74, 6) is 0.180. The first kappa shape index (κ1) is 13.9. The van der Waals surface area contributed by atoms with E-state index in [-0.39, 0.29) is 11.3 Å². The maximum absolute atomic E-state index is 11.2. The van der Waals surface area contributed by atoms with Crippen molar-refractivity contribution < 1.29 is 4.79 Å². The van der Waals surface area contributed by atoms with E-state index in [1.54, 1.807) is 0 Å². The molecule has 0 aliphatic heterocycles. The second kappa shape index (κ2) is 7.27. The Morgan fingerprint density at radius 2 is 2.07 bits per heavy atom. The van der Waals surface area contributed by atoms with Gasteiger partial charge in [0.1, 0.15) is 0 Å². The summed E-state index contributed by atoms with van der Waals surface area (Å²) in [6.45, 7) is 7.21. The Kier molecular flexibility index (Phi) is 7.24. The van der Waals surface area contributed by atoms with Crippen molar-refractivity contribution in [3.05, 3.63) is 0 Å². The van der Waals surface area contributed by atoms with Gasteiger partial charge in [-0.25, -0.2) is 0 Å². The van der Waals surface area contributed by atoms with Crippen molar-refractivity contribution in [3.8, 4) is 0 Å². The third-order valence-electron chi connectivity index (χ3n) is 2.23. The Morgan fingerprint density at radius 1 is 1.43 bits per heavy atom. The summed E-state index contributed by atoms with van der Waals surface area (Å²) in [7, 11) is 0. The summed E-state index contributed by atoms with van der Waals surface area (Å²) in [4.78, 5) is 11.2. The Morgan fingerprint density at radius 3 is 2.57 bits per heavy atom. The molecule has 0 aromatic heterocycles. The minimum absolute atomic E-state index is 0.180. The van der Waals surface area contributed by atoms with Crippen LogP contribution >= 0.6 is 15.9 Å². The molecule has 0 saturated carbocycles. The average molecular weight is 264 g/mol. The van der Waals surface area contributed by atoms with Gasteiger partial charge in [-0.05, 0) is 24.7 Å². The van der Waals surface area contributed by atoms with E-state index in [4.69, 9.17) is 0 Å². The highest BCUT2D eigenvalue weighted by Gasteiger charge is 2.17. The quantitative estimate of drug-likeness (QED) is 0.703. The Hall–Kier alpha value is -0.0500. The summed E-state index contributed by atoms with van der Waals surface area (Å²) in [5, 5.41) is 4.02. The number of carbonyl (C=O) groups is 1. The van der Waals surface area contributed by atoms with Gasteiger partial charge in [-0.1, -0.05) is 36.7 Å². The summed E-state index contributed by atoms with van der Waals surface area (Å²) < 4.78 is 0. The molecule has 1 amide bonds. The number of carbonyl (C=O) groups excluding carboxylic acids is 1. The van der Waals surface area contributed by atoms with E-state index in [0.29, 0.717) is 6.42 Å². The highest BCUT2D eigenvalue weighted by molar-refractivity contribution is 9.09. The first-order chi connectivity index (χ1) is 6.52. The van der Waals surface area contributed by atoms with E-state index >= 15 is 0 Å². The van der Waals surface area contributed by atoms with Gasteiger partial charge in [-0.15, -0.1) is 0 Å². The van der Waals surface area contributed by atoms with Crippen molar-refractivity contribution in [2.75, 3.05) is 11.9 Å². The molecule has 0 radical (unpaired) electrons. The molecule has 0 unspecified atom stereocenters. The maximum atomic E-state index is 11.2. The number of halogens is 1. The zero-order valence-corrected chi connectivity index (χ0v) is 11.1. The molecule has 3 heteroatoms. The van der Waals surface area contributed by atoms with Gasteiger partial charge in [0.05, 0.1) is 0 Å². The summed E-state index contributed by atoms with van der Waals surface area (Å²) in [6, 6.07) is 0. The van der Waals surface area contributed by atoms with Crippen molar-refractivity contribution in [2.24, 2.45) is 5.41 Å². The smallest absolute Gasteiger partial charge is 0.220 e. The molecule has 0 aliphatic rings. The number of hydrogen-bond donors (Lipinski definition) is 1. The molecule has 0 bridgehead atoms. The average Bonchev–Trinajstić information content (AvgIpc) is 2.13. The third kappa shape index (κ3) is 7.36. The molecule has 0 rings (SSSR count). The van der Waals surface area contributed by atoms with Crippen LogP contribution in [0.3, 0.4) is 0 Å². The molecular formula is C11H22BrNO. The summed E-state index contributed by atoms with van der Waals surface area (Å²) >= 11 is 3.42. The molecule has 14 heavy (non-hydrogen) atoms. The molecule has 0 spiro atoms. The molecular weight excluding hydrogens is 242 g/mol. The lowest BCUT2D eigenvalue weighted by molar-refractivity contribution is -0.121. The van der Waals surface area contributed by atoms with Gasteiger partial charge in [-0.2, -0.15) is 0 Å². The fourth-order valence-corrected chi connectivity index (χ4v) is 1.57. The summed E-state index contributed by atoms with van der Waals surface area (Å²) in [6.07, 6.45) is 3.88. The number of amides is 1. The molecule has 0 atom stereocenters. The highest BCUT2D eigenvalue weighted by Crippen LogP contribution is 2.21. The number of nitrogens with one attached hydrogen (secondary N) is 1. The van der Waals surface area contributed by atoms with Crippen LogP contribution in [0.25, 0.3) is 0 Å². The van der Waals surface area contributed by atoms with E-state index in [1.807, 2.05) is 6.92 Å². The van der Waals surface area contributed by atoms with Gasteiger partial charge < -0.3 is 5.32 Å². The summed E-state index contributed by atoms with van der Waals surface area (Å²) in [5.41, 5.74) is 0.219. The highest BCUT2D eigenvalue weighted by atomic mass is 79.9. The monoisotopic (exact) mass is 263 g/mol. The zero-order valence-electron chi connectivity index (χ0n) is 9.53. The molecule has 0 fully saturated rings. The molecule has 84 valence electrons. The molecule has 0 aliphatic carbocycles. The van der Waals surface area contributed by atoms with Gasteiger partial charge in [0, 0.05) is 18.3 Å². The normalized spacial score (nSPS) is 11.4. The van der Waals surface area contributed by atoms with Crippen LogP contribution in [-0.4, -0.2) is 17.8 Å². The van der Waals surface area contributed by atoms with Gasteiger partial charge in [0.2, 0.25) is 5.91 Å². The van der Waals surface area contributed by atoms with Crippen LogP contribution in [0.4, 0.5) is 0 Å². The van der Waals surface area contributed by atoms with Gasteiger partial charge in [0.25, 0.3) is 0 Å².